The molecule has 9 aromatic rings. The van der Waals surface area contributed by atoms with Crippen LogP contribution in [0.5, 0.6) is 0 Å². The number of aromatic nitrogens is 9. The molecule has 0 spiro atoms. The number of halogens is 6. The van der Waals surface area contributed by atoms with E-state index in [1.165, 1.54) is 0 Å². The molecule has 3 aliphatic carbocycles. The molecule has 30 heteroatoms. The predicted molar refractivity (Wildman–Crippen MR) is 458 cm³/mol. The van der Waals surface area contributed by atoms with Gasteiger partial charge in [0.1, 0.15) is 33.6 Å². The Kier molecular flexibility index (Phi) is 24.9. The molecule has 9 heterocycles. The van der Waals surface area contributed by atoms with Gasteiger partial charge in [-0.05, 0) is 206 Å². The van der Waals surface area contributed by atoms with E-state index in [9.17, 15) is 29.7 Å². The number of rotatable bonds is 9. The number of amides is 3. The molecule has 6 aromatic heterocycles. The number of aliphatic hydroxyl groups is 3. The van der Waals surface area contributed by atoms with Crippen LogP contribution in [0.3, 0.4) is 0 Å². The van der Waals surface area contributed by atoms with E-state index >= 15 is 0 Å². The predicted octanol–water partition coefficient (Wildman–Crippen LogP) is 16.6. The maximum atomic E-state index is 12.7. The number of pyridine rings is 3. The van der Waals surface area contributed by atoms with Crippen molar-refractivity contribution in [3.8, 4) is 0 Å². The Morgan fingerprint density at radius 3 is 0.803 bits per heavy atom. The zero-order valence-corrected chi connectivity index (χ0v) is 72.9. The van der Waals surface area contributed by atoms with E-state index in [1.807, 2.05) is 174 Å². The highest BCUT2D eigenvalue weighted by Crippen LogP contribution is 2.51. The van der Waals surface area contributed by atoms with Crippen LogP contribution in [0.4, 0.5) is 14.4 Å². The summed E-state index contributed by atoms with van der Waals surface area (Å²) in [6.45, 7) is 28.9. The number of benzene rings is 3. The second-order valence-electron chi connectivity index (χ2n) is 33.9. The number of aryl methyl sites for hydroxylation is 3. The normalized spacial score (nSPS) is 19.4. The Morgan fingerprint density at radius 1 is 0.350 bits per heavy atom. The first-order chi connectivity index (χ1) is 55.0. The quantitative estimate of drug-likeness (QED) is 0.114. The van der Waals surface area contributed by atoms with E-state index < -0.39 is 33.6 Å². The van der Waals surface area contributed by atoms with Crippen LogP contribution in [0.15, 0.2) is 129 Å². The molecule has 3 unspecified atom stereocenters. The molecular weight excluding hydrogens is 1610 g/mol. The molecule has 15 rings (SSSR count). The number of nitrogens with zero attached hydrogens (tertiary/aromatic N) is 15. The molecule has 3 saturated heterocycles. The average Bonchev–Trinajstić information content (AvgIpc) is 1.63. The summed E-state index contributed by atoms with van der Waals surface area (Å²) in [6.07, 6.45) is 19.9. The maximum absolute atomic E-state index is 12.7. The van der Waals surface area contributed by atoms with Crippen LogP contribution in [-0.2, 0) is 52.2 Å². The molecule has 24 nitrogen and oxygen atoms in total. The number of hydrogen-bond acceptors (Lipinski definition) is 18. The van der Waals surface area contributed by atoms with Crippen LogP contribution >= 0.6 is 69.6 Å². The summed E-state index contributed by atoms with van der Waals surface area (Å²) >= 11 is 38.9. The van der Waals surface area contributed by atoms with Gasteiger partial charge in [0.25, 0.3) is 0 Å². The van der Waals surface area contributed by atoms with E-state index in [0.29, 0.717) is 142 Å². The van der Waals surface area contributed by atoms with Gasteiger partial charge in [0.2, 0.25) is 0 Å². The fourth-order valence-electron chi connectivity index (χ4n) is 16.2. The van der Waals surface area contributed by atoms with Crippen molar-refractivity contribution in [3.63, 3.8) is 0 Å². The molecule has 0 saturated carbocycles. The smallest absolute Gasteiger partial charge is 0.410 e. The van der Waals surface area contributed by atoms with Gasteiger partial charge in [-0.25, -0.2) is 29.3 Å². The van der Waals surface area contributed by atoms with Gasteiger partial charge in [-0.2, -0.15) is 0 Å². The van der Waals surface area contributed by atoms with Crippen LogP contribution in [0.1, 0.15) is 185 Å². The highest BCUT2D eigenvalue weighted by Gasteiger charge is 2.45. The van der Waals surface area contributed by atoms with Gasteiger partial charge in [-0.3, -0.25) is 29.7 Å². The van der Waals surface area contributed by atoms with Gasteiger partial charge in [0.05, 0.1) is 105 Å². The number of carbonyl (C=O) groups is 3. The minimum absolute atomic E-state index is 0.249. The minimum atomic E-state index is -1.41. The van der Waals surface area contributed by atoms with Crippen molar-refractivity contribution >= 4 is 123 Å². The summed E-state index contributed by atoms with van der Waals surface area (Å²) in [5.41, 5.74) is 8.23. The van der Waals surface area contributed by atoms with Crippen molar-refractivity contribution in [1.29, 1.82) is 0 Å². The topological polar surface area (TPSA) is 251 Å². The maximum Gasteiger partial charge on any atom is 0.410 e. The highest BCUT2D eigenvalue weighted by atomic mass is 35.5. The number of ether oxygens (including phenoxy) is 3. The van der Waals surface area contributed by atoms with E-state index in [4.69, 9.17) is 98.8 Å². The standard InChI is InChI=1S/3C29H33Cl2N5O3/c3*1-28(2,3)39-27(37)36-10-8-35(9-11-36)26-21-7-6-19(30)12-18(21)13-23(22-14-20(31)15-33-25(22)26)29(4,38)24-16-32-17-34(24)5/h3*6-7,12-17,26,38H,8-11H2,1-5H3/t3*26-,29?/m000/s1. The molecule has 3 amide bonds. The number of carbonyl (C=O) groups excluding carboxylic acids is 3. The summed E-state index contributed by atoms with van der Waals surface area (Å²) in [5.74, 6) is 0. The van der Waals surface area contributed by atoms with Crippen LogP contribution in [0, 0.1) is 0 Å². The summed E-state index contributed by atoms with van der Waals surface area (Å²) in [5, 5.41) is 39.2. The first-order valence-corrected chi connectivity index (χ1v) is 41.1. The fourth-order valence-corrected chi connectivity index (χ4v) is 17.2. The highest BCUT2D eigenvalue weighted by molar-refractivity contribution is 6.32. The van der Waals surface area contributed by atoms with Crippen LogP contribution in [0.2, 0.25) is 30.1 Å². The third-order valence-electron chi connectivity index (χ3n) is 21.7. The lowest BCUT2D eigenvalue weighted by Crippen LogP contribution is -2.51. The van der Waals surface area contributed by atoms with Crippen molar-refractivity contribution in [1.82, 2.24) is 73.0 Å². The number of fused-ring (bicyclic) bond motifs is 6. The molecule has 3 aromatic carbocycles. The molecule has 618 valence electrons. The lowest BCUT2D eigenvalue weighted by Gasteiger charge is -2.40. The van der Waals surface area contributed by atoms with Gasteiger partial charge in [0, 0.05) is 150 Å². The van der Waals surface area contributed by atoms with Crippen molar-refractivity contribution in [2.45, 2.75) is 135 Å². The fraction of sp³-hybridized carbons (Fsp3) is 0.414. The summed E-state index contributed by atoms with van der Waals surface area (Å²) in [6, 6.07) is 22.2. The second-order valence-corrected chi connectivity index (χ2v) is 36.5. The molecule has 6 atom stereocenters. The molecule has 0 bridgehead atoms. The zero-order chi connectivity index (χ0) is 84.3. The lowest BCUT2D eigenvalue weighted by atomic mass is 9.85. The van der Waals surface area contributed by atoms with Crippen LogP contribution < -0.4 is 0 Å². The second kappa shape index (κ2) is 33.8. The number of hydrogen-bond donors (Lipinski definition) is 3. The van der Waals surface area contributed by atoms with Crippen molar-refractivity contribution in [2.75, 3.05) is 78.5 Å². The van der Waals surface area contributed by atoms with Gasteiger partial charge < -0.3 is 57.9 Å². The molecular formula is C87H99Cl6N15O9. The monoisotopic (exact) mass is 1710 g/mol. The molecule has 3 fully saturated rings. The van der Waals surface area contributed by atoms with E-state index in [0.717, 1.165) is 67.2 Å². The van der Waals surface area contributed by atoms with Gasteiger partial charge in [-0.1, -0.05) is 87.8 Å². The SMILES string of the molecule is Cn1cncc1C(C)(O)C1=Cc2cc(Cl)ccc2[C@H](N2CCN(C(=O)OC(C)(C)C)CC2)c2ncc(Cl)cc21.Cn1cncc1C(C)(O)C1=Cc2cc(Cl)ccc2[C@H](N2CCN(C(=O)OC(C)(C)C)CC2)c2ncc(Cl)cc21.Cn1cncc1C(C)(O)C1=Cc2cc(Cl)ccc2[C@H](N2CCN(C(=O)OC(C)(C)C)CC2)c2ncc(Cl)cc21. The Labute approximate surface area is 712 Å². The van der Waals surface area contributed by atoms with Crippen molar-refractivity contribution < 1.29 is 43.9 Å². The van der Waals surface area contributed by atoms with E-state index in [2.05, 4.69) is 29.7 Å². The number of imidazole rings is 3. The third-order valence-corrected chi connectivity index (χ3v) is 23.1. The molecule has 3 N–H and O–H groups in total. The van der Waals surface area contributed by atoms with E-state index in [1.54, 1.807) is 105 Å². The van der Waals surface area contributed by atoms with Crippen molar-refractivity contribution in [2.24, 2.45) is 21.1 Å². The first-order valence-electron chi connectivity index (χ1n) is 38.8. The Balaban J connectivity index is 0.000000152. The molecule has 117 heavy (non-hydrogen) atoms. The van der Waals surface area contributed by atoms with E-state index in [-0.39, 0.29) is 36.4 Å². The number of piperazine rings is 3. The summed E-state index contributed by atoms with van der Waals surface area (Å²) in [4.78, 5) is 77.5. The molecule has 0 radical (unpaired) electrons. The molecule has 3 aliphatic heterocycles. The van der Waals surface area contributed by atoms with Gasteiger partial charge in [-0.15, -0.1) is 0 Å². The van der Waals surface area contributed by atoms with Crippen LogP contribution in [-0.4, -0.2) is 202 Å². The van der Waals surface area contributed by atoms with Crippen LogP contribution in [0.25, 0.3) is 34.9 Å². The Bertz CT molecular complexity index is 4820. The molecule has 6 aliphatic rings. The zero-order valence-electron chi connectivity index (χ0n) is 68.3. The summed E-state index contributed by atoms with van der Waals surface area (Å²) < 4.78 is 22.2. The third kappa shape index (κ3) is 18.7. The van der Waals surface area contributed by atoms with Gasteiger partial charge in [0.15, 0.2) is 0 Å². The van der Waals surface area contributed by atoms with Gasteiger partial charge >= 0.3 is 18.3 Å². The largest absolute Gasteiger partial charge is 0.444 e. The summed E-state index contributed by atoms with van der Waals surface area (Å²) in [7, 11) is 5.55. The lowest BCUT2D eigenvalue weighted by molar-refractivity contribution is 0.0108. The average molecular weight is 1710 g/mol. The Hall–Kier alpha value is -8.73. The Morgan fingerprint density at radius 2 is 0.590 bits per heavy atom. The van der Waals surface area contributed by atoms with Crippen molar-refractivity contribution in [3.05, 3.63) is 243 Å². The minimum Gasteiger partial charge on any atom is -0.444 e. The first kappa shape index (κ1) is 86.1.